The molecule has 2 saturated heterocycles. The number of piperidine rings is 2. The zero-order valence-corrected chi connectivity index (χ0v) is 34.8. The Kier molecular flexibility index (Phi) is 11.9. The molecule has 304 valence electrons. The van der Waals surface area contributed by atoms with E-state index in [1.165, 1.54) is 0 Å². The lowest BCUT2D eigenvalue weighted by molar-refractivity contribution is -0.137. The fraction of sp³-hybridized carbons (Fsp3) is 0.388. The van der Waals surface area contributed by atoms with Crippen molar-refractivity contribution in [1.82, 2.24) is 24.9 Å². The maximum atomic E-state index is 13.3. The molecule has 3 aliphatic heterocycles. The maximum absolute atomic E-state index is 13.3. The molecule has 4 aliphatic rings. The van der Waals surface area contributed by atoms with Crippen LogP contribution in [0.25, 0.3) is 11.3 Å². The van der Waals surface area contributed by atoms with E-state index in [0.29, 0.717) is 67.0 Å². The molecule has 0 bridgehead atoms. The maximum Gasteiger partial charge on any atom is 0.255 e. The van der Waals surface area contributed by atoms with Crippen molar-refractivity contribution in [2.75, 3.05) is 13.1 Å². The van der Waals surface area contributed by atoms with Gasteiger partial charge in [-0.15, -0.1) is 0 Å². The fourth-order valence-corrected chi connectivity index (χ4v) is 9.07. The SMILES string of the molecule is Cc1c(-c2ccc(C#N)c(Cl)c2)nn(Cc2ccc(C#CC3CCC(CC(=O)N4CCC(C#Cc5ccc6c(c5)C(=O)N(C5CCC(=O)NC5=O)C6)CC4)CC3)cc2)c1C. The number of nitriles is 1. The normalized spacial score (nSPS) is 20.4. The van der Waals surface area contributed by atoms with Crippen LogP contribution in [0.5, 0.6) is 0 Å². The van der Waals surface area contributed by atoms with Crippen molar-refractivity contribution in [3.05, 3.63) is 110 Å². The smallest absolute Gasteiger partial charge is 0.255 e. The van der Waals surface area contributed by atoms with Crippen molar-refractivity contribution in [3.63, 3.8) is 0 Å². The van der Waals surface area contributed by atoms with Crippen molar-refractivity contribution < 1.29 is 19.2 Å². The number of fused-ring (bicyclic) bond motifs is 1. The third kappa shape index (κ3) is 8.88. The predicted molar refractivity (Wildman–Crippen MR) is 228 cm³/mol. The van der Waals surface area contributed by atoms with E-state index in [0.717, 1.165) is 83.3 Å². The third-order valence-corrected chi connectivity index (χ3v) is 13.0. The number of benzene rings is 3. The Hall–Kier alpha value is -6.15. The van der Waals surface area contributed by atoms with Crippen LogP contribution in [0, 0.1) is 66.6 Å². The number of hydrogen-bond donors (Lipinski definition) is 1. The highest BCUT2D eigenvalue weighted by Gasteiger charge is 2.39. The number of rotatable bonds is 6. The molecule has 10 nitrogen and oxygen atoms in total. The number of carbonyl (C=O) groups excluding carboxylic acids is 4. The van der Waals surface area contributed by atoms with Gasteiger partial charge in [-0.1, -0.05) is 59.5 Å². The van der Waals surface area contributed by atoms with Crippen LogP contribution in [0.1, 0.15) is 107 Å². The van der Waals surface area contributed by atoms with Crippen molar-refractivity contribution in [2.24, 2.45) is 17.8 Å². The van der Waals surface area contributed by atoms with E-state index in [9.17, 15) is 24.4 Å². The number of halogens is 1. The molecular formula is C49H47ClN6O4. The monoisotopic (exact) mass is 818 g/mol. The molecule has 60 heavy (non-hydrogen) atoms. The summed E-state index contributed by atoms with van der Waals surface area (Å²) in [5.74, 6) is 13.8. The van der Waals surface area contributed by atoms with E-state index in [4.69, 9.17) is 16.7 Å². The molecule has 0 spiro atoms. The van der Waals surface area contributed by atoms with Crippen molar-refractivity contribution in [2.45, 2.75) is 90.8 Å². The largest absolute Gasteiger partial charge is 0.343 e. The van der Waals surface area contributed by atoms with Gasteiger partial charge in [0.1, 0.15) is 12.1 Å². The number of hydrogen-bond acceptors (Lipinski definition) is 6. The number of imide groups is 1. The number of nitrogens with zero attached hydrogens (tertiary/aromatic N) is 5. The minimum atomic E-state index is -0.633. The van der Waals surface area contributed by atoms with E-state index < -0.39 is 11.9 Å². The Labute approximate surface area is 356 Å². The molecule has 11 heteroatoms. The topological polar surface area (TPSA) is 128 Å². The first-order valence-corrected chi connectivity index (χ1v) is 21.3. The molecular weight excluding hydrogens is 772 g/mol. The Balaban J connectivity index is 0.767. The van der Waals surface area contributed by atoms with Gasteiger partial charge in [-0.05, 0) is 118 Å². The summed E-state index contributed by atoms with van der Waals surface area (Å²) >= 11 is 6.30. The van der Waals surface area contributed by atoms with Gasteiger partial charge in [0.2, 0.25) is 17.7 Å². The van der Waals surface area contributed by atoms with Gasteiger partial charge in [-0.3, -0.25) is 29.2 Å². The van der Waals surface area contributed by atoms with Gasteiger partial charge in [0.15, 0.2) is 0 Å². The number of carbonyl (C=O) groups is 4. The van der Waals surface area contributed by atoms with Gasteiger partial charge < -0.3 is 9.80 Å². The summed E-state index contributed by atoms with van der Waals surface area (Å²) in [4.78, 5) is 54.0. The van der Waals surface area contributed by atoms with Crippen LogP contribution in [0.15, 0.2) is 60.7 Å². The average Bonchev–Trinajstić information content (AvgIpc) is 3.73. The molecule has 4 aromatic rings. The highest BCUT2D eigenvalue weighted by Crippen LogP contribution is 2.33. The zero-order valence-electron chi connectivity index (χ0n) is 34.0. The molecule has 0 radical (unpaired) electrons. The lowest BCUT2D eigenvalue weighted by Crippen LogP contribution is -2.52. The third-order valence-electron chi connectivity index (χ3n) is 12.7. The van der Waals surface area contributed by atoms with Crippen molar-refractivity contribution in [1.29, 1.82) is 5.26 Å². The first-order chi connectivity index (χ1) is 29.0. The predicted octanol–water partition coefficient (Wildman–Crippen LogP) is 7.34. The molecule has 3 aromatic carbocycles. The van der Waals surface area contributed by atoms with Gasteiger partial charge >= 0.3 is 0 Å². The van der Waals surface area contributed by atoms with Crippen LogP contribution in [-0.2, 0) is 27.5 Å². The van der Waals surface area contributed by atoms with Crippen molar-refractivity contribution in [3.8, 4) is 41.0 Å². The van der Waals surface area contributed by atoms with E-state index in [-0.39, 0.29) is 30.1 Å². The van der Waals surface area contributed by atoms with Gasteiger partial charge in [0.25, 0.3) is 5.91 Å². The number of aromatic nitrogens is 2. The second-order valence-corrected chi connectivity index (χ2v) is 17.0. The average molecular weight is 819 g/mol. The highest BCUT2D eigenvalue weighted by atomic mass is 35.5. The number of likely N-dealkylation sites (tertiary alicyclic amines) is 1. The van der Waals surface area contributed by atoms with Gasteiger partial charge in [-0.2, -0.15) is 10.4 Å². The molecule has 8 rings (SSSR count). The minimum absolute atomic E-state index is 0.183. The van der Waals surface area contributed by atoms with Crippen LogP contribution >= 0.6 is 11.6 Å². The fourth-order valence-electron chi connectivity index (χ4n) is 8.85. The second-order valence-electron chi connectivity index (χ2n) is 16.6. The summed E-state index contributed by atoms with van der Waals surface area (Å²) in [6.07, 6.45) is 6.86. The quantitative estimate of drug-likeness (QED) is 0.160. The summed E-state index contributed by atoms with van der Waals surface area (Å²) < 4.78 is 2.00. The lowest BCUT2D eigenvalue weighted by Gasteiger charge is -2.32. The van der Waals surface area contributed by atoms with E-state index in [1.54, 1.807) is 17.0 Å². The summed E-state index contributed by atoms with van der Waals surface area (Å²) in [6, 6.07) is 20.9. The zero-order chi connectivity index (χ0) is 41.9. The molecule has 1 saturated carbocycles. The standard InChI is InChI=1S/C49H47ClN6O4/c1-31-32(2)56(53-47(31)39-17-18-40(28-51)43(50)27-39)29-38-13-8-34(9-14-38)4-3-33-5-11-37(12-6-33)26-46(58)54-23-21-35(22-24-54)7-10-36-15-16-41-30-55(49(60)42(41)25-36)44-19-20-45(57)52-48(44)59/h8-9,13-18,25,27,33,35,37,44H,5-6,11-12,19-24,26,29-30H2,1-2H3,(H,52,57,59). The molecule has 1 aliphatic carbocycles. The van der Waals surface area contributed by atoms with Crippen LogP contribution < -0.4 is 5.32 Å². The van der Waals surface area contributed by atoms with Gasteiger partial charge in [-0.25, -0.2) is 0 Å². The number of amides is 4. The van der Waals surface area contributed by atoms with Gasteiger partial charge in [0, 0.05) is 72.3 Å². The lowest BCUT2D eigenvalue weighted by atomic mass is 9.80. The van der Waals surface area contributed by atoms with Crippen LogP contribution in [-0.4, -0.2) is 62.3 Å². The molecule has 1 atom stereocenters. The minimum Gasteiger partial charge on any atom is -0.343 e. The molecule has 4 heterocycles. The summed E-state index contributed by atoms with van der Waals surface area (Å²) in [5, 5.41) is 16.9. The summed E-state index contributed by atoms with van der Waals surface area (Å²) in [7, 11) is 0. The van der Waals surface area contributed by atoms with E-state index in [1.807, 2.05) is 33.8 Å². The second kappa shape index (κ2) is 17.6. The first-order valence-electron chi connectivity index (χ1n) is 20.9. The molecule has 1 aromatic heterocycles. The highest BCUT2D eigenvalue weighted by molar-refractivity contribution is 6.32. The molecule has 4 amide bonds. The first kappa shape index (κ1) is 40.6. The van der Waals surface area contributed by atoms with Crippen LogP contribution in [0.2, 0.25) is 5.02 Å². The van der Waals surface area contributed by atoms with Gasteiger partial charge in [0.05, 0.1) is 22.8 Å². The summed E-state index contributed by atoms with van der Waals surface area (Å²) in [5.41, 5.74) is 8.68. The van der Waals surface area contributed by atoms with E-state index in [2.05, 4.69) is 73.2 Å². The molecule has 3 fully saturated rings. The Morgan fingerprint density at radius 1 is 0.867 bits per heavy atom. The Bertz CT molecular complexity index is 2530. The van der Waals surface area contributed by atoms with Crippen LogP contribution in [0.4, 0.5) is 0 Å². The van der Waals surface area contributed by atoms with Crippen LogP contribution in [0.3, 0.4) is 0 Å². The number of nitrogens with one attached hydrogen (secondary N) is 1. The Morgan fingerprint density at radius 2 is 1.57 bits per heavy atom. The van der Waals surface area contributed by atoms with E-state index >= 15 is 0 Å². The molecule has 1 N–H and O–H groups in total. The van der Waals surface area contributed by atoms with Crippen molar-refractivity contribution >= 4 is 35.2 Å². The summed E-state index contributed by atoms with van der Waals surface area (Å²) in [6.45, 7) is 6.52. The molecule has 1 unspecified atom stereocenters. The Morgan fingerprint density at radius 3 is 2.27 bits per heavy atom.